The van der Waals surface area contributed by atoms with Gasteiger partial charge in [0, 0.05) is 6.42 Å². The van der Waals surface area contributed by atoms with Crippen LogP contribution in [-0.4, -0.2) is 33.2 Å². The van der Waals surface area contributed by atoms with Gasteiger partial charge in [0.05, 0.1) is 11.8 Å². The second kappa shape index (κ2) is 7.11. The van der Waals surface area contributed by atoms with E-state index in [1.807, 2.05) is 20.8 Å². The van der Waals surface area contributed by atoms with E-state index < -0.39 is 35.7 Å². The lowest BCUT2D eigenvalue weighted by atomic mass is 9.57. The molecule has 1 fully saturated rings. The maximum atomic E-state index is 11.4. The van der Waals surface area contributed by atoms with Crippen molar-refractivity contribution in [2.45, 2.75) is 40.5 Å². The summed E-state index contributed by atoms with van der Waals surface area (Å²) in [5, 5.41) is 27.7. The number of aliphatic carboxylic acids is 3. The van der Waals surface area contributed by atoms with E-state index in [9.17, 15) is 24.6 Å². The minimum absolute atomic E-state index is 0.0153. The molecule has 0 radical (unpaired) electrons. The number of rotatable bonds is 6. The first-order valence-electron chi connectivity index (χ1n) is 7.75. The molecule has 1 rings (SSSR count). The van der Waals surface area contributed by atoms with Crippen molar-refractivity contribution in [3.63, 3.8) is 0 Å². The summed E-state index contributed by atoms with van der Waals surface area (Å²) in [5.41, 5.74) is 0. The molecule has 0 aromatic carbocycles. The van der Waals surface area contributed by atoms with Gasteiger partial charge in [-0.15, -0.1) is 0 Å². The summed E-state index contributed by atoms with van der Waals surface area (Å²) in [6.07, 6.45) is 0.269. The highest BCUT2D eigenvalue weighted by Gasteiger charge is 2.47. The zero-order valence-electron chi connectivity index (χ0n) is 13.5. The molecular formula is C16H26O6. The molecule has 0 amide bonds. The zero-order chi connectivity index (χ0) is 17.2. The van der Waals surface area contributed by atoms with Crippen molar-refractivity contribution in [2.24, 2.45) is 41.4 Å². The Kier molecular flexibility index (Phi) is 5.97. The van der Waals surface area contributed by atoms with E-state index in [-0.39, 0.29) is 30.1 Å². The molecule has 22 heavy (non-hydrogen) atoms. The Labute approximate surface area is 130 Å². The van der Waals surface area contributed by atoms with Crippen molar-refractivity contribution >= 4 is 17.9 Å². The first-order chi connectivity index (χ1) is 10.1. The predicted octanol–water partition coefficient (Wildman–Crippen LogP) is 2.43. The normalized spacial score (nSPS) is 34.6. The first kappa shape index (κ1) is 18.5. The van der Waals surface area contributed by atoms with Gasteiger partial charge in [-0.1, -0.05) is 27.7 Å². The van der Waals surface area contributed by atoms with Crippen molar-refractivity contribution in [1.29, 1.82) is 0 Å². The summed E-state index contributed by atoms with van der Waals surface area (Å²) in [7, 11) is 0. The van der Waals surface area contributed by atoms with Crippen LogP contribution < -0.4 is 0 Å². The van der Waals surface area contributed by atoms with Gasteiger partial charge < -0.3 is 15.3 Å². The van der Waals surface area contributed by atoms with Gasteiger partial charge in [-0.25, -0.2) is 0 Å². The van der Waals surface area contributed by atoms with E-state index in [2.05, 4.69) is 0 Å². The maximum Gasteiger partial charge on any atom is 0.306 e. The minimum Gasteiger partial charge on any atom is -0.481 e. The molecule has 1 aliphatic carbocycles. The fraction of sp³-hybridized carbons (Fsp3) is 0.812. The number of carboxylic acid groups (broad SMARTS) is 3. The zero-order valence-corrected chi connectivity index (χ0v) is 13.5. The van der Waals surface area contributed by atoms with Gasteiger partial charge in [-0.3, -0.25) is 14.4 Å². The molecular weight excluding hydrogens is 288 g/mol. The topological polar surface area (TPSA) is 112 Å². The second-order valence-electron chi connectivity index (χ2n) is 6.84. The first-order valence-corrected chi connectivity index (χ1v) is 7.75. The average molecular weight is 314 g/mol. The van der Waals surface area contributed by atoms with Crippen molar-refractivity contribution in [1.82, 2.24) is 0 Å². The van der Waals surface area contributed by atoms with Gasteiger partial charge in [-0.05, 0) is 36.0 Å². The van der Waals surface area contributed by atoms with Crippen LogP contribution in [0.25, 0.3) is 0 Å². The summed E-state index contributed by atoms with van der Waals surface area (Å²) < 4.78 is 0. The van der Waals surface area contributed by atoms with Crippen LogP contribution in [0.5, 0.6) is 0 Å². The van der Waals surface area contributed by atoms with Gasteiger partial charge in [0.25, 0.3) is 0 Å². The highest BCUT2D eigenvalue weighted by Crippen LogP contribution is 2.48. The maximum absolute atomic E-state index is 11.4. The van der Waals surface area contributed by atoms with Crippen molar-refractivity contribution < 1.29 is 29.7 Å². The minimum atomic E-state index is -1.01. The number of hydrogen-bond donors (Lipinski definition) is 3. The fourth-order valence-electron chi connectivity index (χ4n) is 4.18. The third kappa shape index (κ3) is 3.78. The number of carboxylic acids is 3. The molecule has 0 aliphatic heterocycles. The van der Waals surface area contributed by atoms with E-state index in [4.69, 9.17) is 5.11 Å². The Morgan fingerprint density at radius 2 is 1.59 bits per heavy atom. The molecule has 6 unspecified atom stereocenters. The number of carbonyl (C=O) groups is 3. The number of hydrogen-bond acceptors (Lipinski definition) is 3. The predicted molar refractivity (Wildman–Crippen MR) is 79.3 cm³/mol. The van der Waals surface area contributed by atoms with Crippen LogP contribution in [0.3, 0.4) is 0 Å². The quantitative estimate of drug-likeness (QED) is 0.694. The van der Waals surface area contributed by atoms with E-state index in [1.165, 1.54) is 0 Å². The van der Waals surface area contributed by atoms with Crippen molar-refractivity contribution in [2.75, 3.05) is 0 Å². The molecule has 0 aromatic heterocycles. The molecule has 6 heteroatoms. The van der Waals surface area contributed by atoms with Crippen LogP contribution in [0.2, 0.25) is 0 Å². The highest BCUT2D eigenvalue weighted by atomic mass is 16.4. The van der Waals surface area contributed by atoms with E-state index in [0.717, 1.165) is 0 Å². The third-order valence-electron chi connectivity index (χ3n) is 5.61. The summed E-state index contributed by atoms with van der Waals surface area (Å²) in [4.78, 5) is 33.9. The molecule has 0 spiro atoms. The van der Waals surface area contributed by atoms with E-state index in [0.29, 0.717) is 6.42 Å². The standard InChI is InChI=1S/C16H26O6/c1-7-5-12(16(21)22)8(2)9(3)14(7)11(6-13(17)18)10(4)15(19)20/h7-12,14H,5-6H2,1-4H3,(H,17,18)(H,19,20)(H,21,22)/t7?,8?,9-,10?,11?,12?,14?/m1/s1. The molecule has 0 heterocycles. The van der Waals surface area contributed by atoms with Gasteiger partial charge in [0.1, 0.15) is 0 Å². The largest absolute Gasteiger partial charge is 0.481 e. The smallest absolute Gasteiger partial charge is 0.306 e. The Balaban J connectivity index is 3.10. The summed E-state index contributed by atoms with van der Waals surface area (Å²) in [5.74, 6) is -4.79. The van der Waals surface area contributed by atoms with Crippen molar-refractivity contribution in [3.8, 4) is 0 Å². The molecule has 3 N–H and O–H groups in total. The van der Waals surface area contributed by atoms with Crippen LogP contribution in [0.4, 0.5) is 0 Å². The van der Waals surface area contributed by atoms with E-state index in [1.54, 1.807) is 6.92 Å². The Hall–Kier alpha value is -1.59. The van der Waals surface area contributed by atoms with Gasteiger partial charge in [0.15, 0.2) is 0 Å². The molecule has 1 aliphatic rings. The fourth-order valence-corrected chi connectivity index (χ4v) is 4.18. The lowest BCUT2D eigenvalue weighted by molar-refractivity contribution is -0.154. The molecule has 6 nitrogen and oxygen atoms in total. The van der Waals surface area contributed by atoms with Gasteiger partial charge in [-0.2, -0.15) is 0 Å². The molecule has 0 bridgehead atoms. The summed E-state index contributed by atoms with van der Waals surface area (Å²) >= 11 is 0. The van der Waals surface area contributed by atoms with Crippen LogP contribution >= 0.6 is 0 Å². The third-order valence-corrected chi connectivity index (χ3v) is 5.61. The Morgan fingerprint density at radius 3 is 2.00 bits per heavy atom. The SMILES string of the molecule is CC1CC(C(=O)O)C(C)[C@@H](C)C1C(CC(=O)O)C(C)C(=O)O. The van der Waals surface area contributed by atoms with Crippen molar-refractivity contribution in [3.05, 3.63) is 0 Å². The van der Waals surface area contributed by atoms with Crippen LogP contribution in [0.15, 0.2) is 0 Å². The lowest BCUT2D eigenvalue weighted by Crippen LogP contribution is -2.45. The Bertz CT molecular complexity index is 446. The van der Waals surface area contributed by atoms with Crippen LogP contribution in [0.1, 0.15) is 40.5 Å². The Morgan fingerprint density at radius 1 is 1.05 bits per heavy atom. The monoisotopic (exact) mass is 314 g/mol. The van der Waals surface area contributed by atoms with E-state index >= 15 is 0 Å². The molecule has 1 saturated carbocycles. The molecule has 126 valence electrons. The van der Waals surface area contributed by atoms with Crippen LogP contribution in [-0.2, 0) is 14.4 Å². The average Bonchev–Trinajstić information content (AvgIpc) is 2.40. The summed E-state index contributed by atoms with van der Waals surface area (Å²) in [6, 6.07) is 0. The van der Waals surface area contributed by atoms with Crippen LogP contribution in [0, 0.1) is 41.4 Å². The highest BCUT2D eigenvalue weighted by molar-refractivity contribution is 5.73. The lowest BCUT2D eigenvalue weighted by Gasteiger charge is -2.46. The molecule has 0 saturated heterocycles. The van der Waals surface area contributed by atoms with Gasteiger partial charge >= 0.3 is 17.9 Å². The summed E-state index contributed by atoms with van der Waals surface area (Å²) in [6.45, 7) is 7.24. The second-order valence-corrected chi connectivity index (χ2v) is 6.84. The van der Waals surface area contributed by atoms with Gasteiger partial charge in [0.2, 0.25) is 0 Å². The molecule has 0 aromatic rings. The molecule has 7 atom stereocenters.